The monoisotopic (exact) mass is 275 g/mol. The fourth-order valence-corrected chi connectivity index (χ4v) is 2.01. The zero-order chi connectivity index (χ0) is 14.8. The summed E-state index contributed by atoms with van der Waals surface area (Å²) in [6.45, 7) is 3.04. The zero-order valence-corrected chi connectivity index (χ0v) is 10.7. The normalized spacial score (nSPS) is 14.2. The van der Waals surface area contributed by atoms with Gasteiger partial charge >= 0.3 is 12.1 Å². The van der Waals surface area contributed by atoms with Crippen LogP contribution in [-0.2, 0) is 11.0 Å². The fraction of sp³-hybridized carbons (Fsp3) is 0.462. The van der Waals surface area contributed by atoms with Gasteiger partial charge in [-0.2, -0.15) is 13.2 Å². The minimum absolute atomic E-state index is 0.0788. The summed E-state index contributed by atoms with van der Waals surface area (Å²) in [5.74, 6) is -2.09. The van der Waals surface area contributed by atoms with E-state index in [4.69, 9.17) is 10.8 Å². The molecule has 3 N–H and O–H groups in total. The van der Waals surface area contributed by atoms with Gasteiger partial charge in [0.25, 0.3) is 0 Å². The Morgan fingerprint density at radius 2 is 1.84 bits per heavy atom. The molecule has 1 aromatic rings. The van der Waals surface area contributed by atoms with Crippen LogP contribution in [0.15, 0.2) is 24.3 Å². The van der Waals surface area contributed by atoms with Crippen molar-refractivity contribution in [3.05, 3.63) is 35.4 Å². The highest BCUT2D eigenvalue weighted by Crippen LogP contribution is 2.39. The molecule has 0 spiro atoms. The second-order valence-electron chi connectivity index (χ2n) is 5.06. The lowest BCUT2D eigenvalue weighted by Gasteiger charge is -2.31. The highest BCUT2D eigenvalue weighted by Gasteiger charge is 2.38. The van der Waals surface area contributed by atoms with Gasteiger partial charge in [-0.25, -0.2) is 0 Å². The first-order valence-electron chi connectivity index (χ1n) is 5.70. The molecular formula is C13H16F3NO2. The number of aliphatic carboxylic acids is 1. The number of halogens is 3. The van der Waals surface area contributed by atoms with E-state index in [9.17, 15) is 18.0 Å². The molecule has 0 radical (unpaired) electrons. The lowest BCUT2D eigenvalue weighted by atomic mass is 9.78. The van der Waals surface area contributed by atoms with Gasteiger partial charge in [0.2, 0.25) is 0 Å². The Morgan fingerprint density at radius 1 is 1.32 bits per heavy atom. The van der Waals surface area contributed by atoms with Gasteiger partial charge in [-0.15, -0.1) is 0 Å². The number of carboxylic acid groups (broad SMARTS) is 1. The van der Waals surface area contributed by atoms with Crippen molar-refractivity contribution in [3.63, 3.8) is 0 Å². The van der Waals surface area contributed by atoms with Gasteiger partial charge in [0.15, 0.2) is 0 Å². The van der Waals surface area contributed by atoms with E-state index in [1.807, 2.05) is 0 Å². The first-order valence-corrected chi connectivity index (χ1v) is 5.70. The molecule has 106 valence electrons. The minimum atomic E-state index is -4.53. The molecule has 0 fully saturated rings. The van der Waals surface area contributed by atoms with E-state index in [1.165, 1.54) is 32.0 Å². The summed E-state index contributed by atoms with van der Waals surface area (Å²) in [6.07, 6.45) is -4.98. The number of rotatable bonds is 4. The Morgan fingerprint density at radius 3 is 2.26 bits per heavy atom. The molecule has 0 aliphatic rings. The molecule has 19 heavy (non-hydrogen) atoms. The molecule has 0 amide bonds. The third-order valence-corrected chi connectivity index (χ3v) is 2.92. The number of nitrogens with two attached hydrogens (primary N) is 1. The quantitative estimate of drug-likeness (QED) is 0.887. The van der Waals surface area contributed by atoms with E-state index in [0.29, 0.717) is 0 Å². The van der Waals surface area contributed by atoms with Gasteiger partial charge in [0.05, 0.1) is 12.0 Å². The fourth-order valence-electron chi connectivity index (χ4n) is 2.01. The van der Waals surface area contributed by atoms with E-state index in [0.717, 1.165) is 6.07 Å². The molecular weight excluding hydrogens is 259 g/mol. The first-order chi connectivity index (χ1) is 8.53. The molecule has 1 unspecified atom stereocenters. The Balaban J connectivity index is 3.35. The number of alkyl halides is 3. The summed E-state index contributed by atoms with van der Waals surface area (Å²) >= 11 is 0. The Kier molecular flexibility index (Phi) is 4.25. The second-order valence-corrected chi connectivity index (χ2v) is 5.06. The van der Waals surface area contributed by atoms with Crippen LogP contribution in [0.2, 0.25) is 0 Å². The molecule has 0 aliphatic carbocycles. The number of hydrogen-bond donors (Lipinski definition) is 2. The third kappa shape index (κ3) is 3.96. The summed E-state index contributed by atoms with van der Waals surface area (Å²) in [5, 5.41) is 8.87. The number of benzene rings is 1. The molecule has 0 saturated heterocycles. The first kappa shape index (κ1) is 15.5. The number of carboxylic acids is 1. The molecule has 0 aliphatic heterocycles. The van der Waals surface area contributed by atoms with E-state index in [1.54, 1.807) is 0 Å². The van der Waals surface area contributed by atoms with Crippen molar-refractivity contribution in [2.75, 3.05) is 0 Å². The topological polar surface area (TPSA) is 63.3 Å². The van der Waals surface area contributed by atoms with Gasteiger partial charge in [0.1, 0.15) is 0 Å². The van der Waals surface area contributed by atoms with Gasteiger partial charge in [0, 0.05) is 11.5 Å². The lowest BCUT2D eigenvalue weighted by Crippen LogP contribution is -2.41. The maximum absolute atomic E-state index is 12.9. The average molecular weight is 275 g/mol. The van der Waals surface area contributed by atoms with E-state index in [-0.39, 0.29) is 5.56 Å². The molecule has 1 aromatic carbocycles. The summed E-state index contributed by atoms with van der Waals surface area (Å²) in [4.78, 5) is 10.9. The van der Waals surface area contributed by atoms with Crippen LogP contribution in [0, 0.1) is 0 Å². The van der Waals surface area contributed by atoms with Crippen LogP contribution < -0.4 is 5.73 Å². The standard InChI is InChI=1S/C13H16F3NO2/c1-12(2,17)10(7-11(18)19)8-5-3-4-6-9(8)13(14,15)16/h3-6,10H,7,17H2,1-2H3,(H,18,19). The van der Waals surface area contributed by atoms with Crippen molar-refractivity contribution in [1.29, 1.82) is 0 Å². The molecule has 0 bridgehead atoms. The van der Waals surface area contributed by atoms with Gasteiger partial charge in [-0.05, 0) is 25.5 Å². The lowest BCUT2D eigenvalue weighted by molar-refractivity contribution is -0.141. The molecule has 3 nitrogen and oxygen atoms in total. The Bertz CT molecular complexity index is 464. The average Bonchev–Trinajstić information content (AvgIpc) is 2.23. The van der Waals surface area contributed by atoms with Crippen molar-refractivity contribution in [2.45, 2.75) is 37.9 Å². The van der Waals surface area contributed by atoms with Crippen LogP contribution >= 0.6 is 0 Å². The summed E-state index contributed by atoms with van der Waals surface area (Å²) < 4.78 is 38.8. The predicted octanol–water partition coefficient (Wildman–Crippen LogP) is 3.00. The Labute approximate surface area is 109 Å². The molecule has 0 heterocycles. The molecule has 1 rings (SSSR count). The highest BCUT2D eigenvalue weighted by atomic mass is 19.4. The van der Waals surface area contributed by atoms with Crippen LogP contribution in [0.4, 0.5) is 13.2 Å². The maximum atomic E-state index is 12.9. The van der Waals surface area contributed by atoms with Crippen molar-refractivity contribution in [1.82, 2.24) is 0 Å². The van der Waals surface area contributed by atoms with Crippen molar-refractivity contribution in [2.24, 2.45) is 5.73 Å². The largest absolute Gasteiger partial charge is 0.481 e. The molecule has 6 heteroatoms. The zero-order valence-electron chi connectivity index (χ0n) is 10.7. The summed E-state index contributed by atoms with van der Waals surface area (Å²) in [5.41, 5.74) is 3.86. The van der Waals surface area contributed by atoms with Gasteiger partial charge < -0.3 is 10.8 Å². The van der Waals surface area contributed by atoms with Gasteiger partial charge in [-0.3, -0.25) is 4.79 Å². The predicted molar refractivity (Wildman–Crippen MR) is 64.7 cm³/mol. The van der Waals surface area contributed by atoms with Crippen molar-refractivity contribution in [3.8, 4) is 0 Å². The Hall–Kier alpha value is -1.56. The summed E-state index contributed by atoms with van der Waals surface area (Å²) in [6, 6.07) is 4.94. The van der Waals surface area contributed by atoms with Crippen molar-refractivity contribution >= 4 is 5.97 Å². The molecule has 0 aromatic heterocycles. The van der Waals surface area contributed by atoms with Crippen LogP contribution in [0.1, 0.15) is 37.3 Å². The minimum Gasteiger partial charge on any atom is -0.481 e. The smallest absolute Gasteiger partial charge is 0.416 e. The SMILES string of the molecule is CC(C)(N)C(CC(=O)O)c1ccccc1C(F)(F)F. The number of hydrogen-bond acceptors (Lipinski definition) is 2. The summed E-state index contributed by atoms with van der Waals surface area (Å²) in [7, 11) is 0. The third-order valence-electron chi connectivity index (χ3n) is 2.92. The van der Waals surface area contributed by atoms with Gasteiger partial charge in [-0.1, -0.05) is 18.2 Å². The van der Waals surface area contributed by atoms with Crippen LogP contribution in [-0.4, -0.2) is 16.6 Å². The van der Waals surface area contributed by atoms with E-state index in [2.05, 4.69) is 0 Å². The van der Waals surface area contributed by atoms with Crippen LogP contribution in [0.5, 0.6) is 0 Å². The molecule has 1 atom stereocenters. The van der Waals surface area contributed by atoms with E-state index < -0.39 is 35.6 Å². The second kappa shape index (κ2) is 5.21. The maximum Gasteiger partial charge on any atom is 0.416 e. The molecule has 0 saturated carbocycles. The van der Waals surface area contributed by atoms with Crippen molar-refractivity contribution < 1.29 is 23.1 Å². The van der Waals surface area contributed by atoms with E-state index >= 15 is 0 Å². The van der Waals surface area contributed by atoms with Crippen LogP contribution in [0.25, 0.3) is 0 Å². The van der Waals surface area contributed by atoms with Crippen LogP contribution in [0.3, 0.4) is 0 Å². The highest BCUT2D eigenvalue weighted by molar-refractivity contribution is 5.68. The number of carbonyl (C=O) groups is 1.